The molecule has 1 fully saturated rings. The number of hydrogen-bond acceptors (Lipinski definition) is 2. The summed E-state index contributed by atoms with van der Waals surface area (Å²) in [6, 6.07) is 7.62. The topological polar surface area (TPSA) is 46.5 Å². The first-order valence-corrected chi connectivity index (χ1v) is 6.62. The van der Waals surface area contributed by atoms with E-state index in [-0.39, 0.29) is 12.0 Å². The van der Waals surface area contributed by atoms with Crippen LogP contribution in [0.15, 0.2) is 24.3 Å². The predicted octanol–water partition coefficient (Wildman–Crippen LogP) is 3.50. The molecule has 1 aliphatic rings. The summed E-state index contributed by atoms with van der Waals surface area (Å²) >= 11 is 5.90. The molecule has 0 atom stereocenters. The second kappa shape index (κ2) is 6.21. The molecule has 1 saturated carbocycles. The maximum absolute atomic E-state index is 10.8. The van der Waals surface area contributed by atoms with Gasteiger partial charge in [-0.15, -0.1) is 0 Å². The molecule has 0 aromatic heterocycles. The first kappa shape index (κ1) is 13.4. The minimum Gasteiger partial charge on any atom is -0.481 e. The molecule has 2 rings (SSSR count). The van der Waals surface area contributed by atoms with Crippen molar-refractivity contribution in [2.45, 2.75) is 38.4 Å². The molecule has 0 radical (unpaired) electrons. The zero-order chi connectivity index (χ0) is 13.0. The molecular weight excluding hydrogens is 252 g/mol. The zero-order valence-corrected chi connectivity index (χ0v) is 10.9. The van der Waals surface area contributed by atoms with E-state index in [4.69, 9.17) is 21.4 Å². The molecule has 0 saturated heterocycles. The van der Waals surface area contributed by atoms with E-state index in [9.17, 15) is 4.79 Å². The molecule has 0 bridgehead atoms. The molecule has 0 heterocycles. The van der Waals surface area contributed by atoms with E-state index in [1.165, 1.54) is 0 Å². The highest BCUT2D eigenvalue weighted by atomic mass is 35.5. The molecule has 3 nitrogen and oxygen atoms in total. The molecule has 1 aromatic carbocycles. The van der Waals surface area contributed by atoms with Gasteiger partial charge in [-0.25, -0.2) is 0 Å². The number of aliphatic carboxylic acids is 1. The molecule has 1 aromatic rings. The van der Waals surface area contributed by atoms with Crippen LogP contribution in [0.1, 0.15) is 31.2 Å². The first-order valence-electron chi connectivity index (χ1n) is 6.24. The van der Waals surface area contributed by atoms with Gasteiger partial charge in [-0.05, 0) is 43.4 Å². The van der Waals surface area contributed by atoms with Crippen molar-refractivity contribution in [2.24, 2.45) is 5.92 Å². The normalized spacial score (nSPS) is 23.8. The van der Waals surface area contributed by atoms with Gasteiger partial charge in [-0.2, -0.15) is 0 Å². The Bertz CT molecular complexity index is 411. The molecule has 0 spiro atoms. The van der Waals surface area contributed by atoms with Gasteiger partial charge in [-0.1, -0.05) is 23.7 Å². The third-order valence-corrected chi connectivity index (χ3v) is 3.63. The molecule has 4 heteroatoms. The summed E-state index contributed by atoms with van der Waals surface area (Å²) in [7, 11) is 0. The van der Waals surface area contributed by atoms with Gasteiger partial charge < -0.3 is 9.84 Å². The highest BCUT2D eigenvalue weighted by molar-refractivity contribution is 6.30. The fourth-order valence-corrected chi connectivity index (χ4v) is 2.53. The molecule has 0 aliphatic heterocycles. The van der Waals surface area contributed by atoms with Crippen molar-refractivity contribution in [3.63, 3.8) is 0 Å². The Hall–Kier alpha value is -1.06. The van der Waals surface area contributed by atoms with Crippen molar-refractivity contribution in [1.29, 1.82) is 0 Å². The smallest absolute Gasteiger partial charge is 0.306 e. The van der Waals surface area contributed by atoms with Crippen molar-refractivity contribution in [2.75, 3.05) is 0 Å². The summed E-state index contributed by atoms with van der Waals surface area (Å²) in [5, 5.41) is 9.62. The zero-order valence-electron chi connectivity index (χ0n) is 10.1. The van der Waals surface area contributed by atoms with Gasteiger partial charge in [-0.3, -0.25) is 4.79 Å². The summed E-state index contributed by atoms with van der Waals surface area (Å²) in [6.45, 7) is 0.545. The number of benzene rings is 1. The lowest BCUT2D eigenvalue weighted by Gasteiger charge is -2.26. The van der Waals surface area contributed by atoms with Crippen LogP contribution in [-0.4, -0.2) is 17.2 Å². The minimum atomic E-state index is -0.678. The van der Waals surface area contributed by atoms with Crippen LogP contribution in [0.2, 0.25) is 5.02 Å². The van der Waals surface area contributed by atoms with E-state index >= 15 is 0 Å². The van der Waals surface area contributed by atoms with Gasteiger partial charge in [0.2, 0.25) is 0 Å². The predicted molar refractivity (Wildman–Crippen MR) is 69.6 cm³/mol. The van der Waals surface area contributed by atoms with E-state index in [2.05, 4.69) is 0 Å². The van der Waals surface area contributed by atoms with Crippen molar-refractivity contribution in [3.05, 3.63) is 34.9 Å². The standard InChI is InChI=1S/C14H17ClO3/c15-12-3-1-2-10(8-12)9-18-13-6-4-11(5-7-13)14(16)17/h1-3,8,11,13H,4-7,9H2,(H,16,17)/t11-,13-. The van der Waals surface area contributed by atoms with Crippen LogP contribution in [0.25, 0.3) is 0 Å². The average Bonchev–Trinajstić information content (AvgIpc) is 2.37. The van der Waals surface area contributed by atoms with Gasteiger partial charge >= 0.3 is 5.97 Å². The van der Waals surface area contributed by atoms with E-state index in [0.29, 0.717) is 11.6 Å². The number of hydrogen-bond donors (Lipinski definition) is 1. The number of carboxylic acid groups (broad SMARTS) is 1. The van der Waals surface area contributed by atoms with Crippen molar-refractivity contribution >= 4 is 17.6 Å². The summed E-state index contributed by atoms with van der Waals surface area (Å²) < 4.78 is 5.80. The first-order chi connectivity index (χ1) is 8.65. The Morgan fingerprint density at radius 1 is 1.33 bits per heavy atom. The van der Waals surface area contributed by atoms with E-state index in [1.54, 1.807) is 0 Å². The molecule has 1 N–H and O–H groups in total. The molecule has 1 aliphatic carbocycles. The van der Waals surface area contributed by atoms with Crippen LogP contribution in [-0.2, 0) is 16.1 Å². The molecule has 18 heavy (non-hydrogen) atoms. The van der Waals surface area contributed by atoms with Crippen molar-refractivity contribution < 1.29 is 14.6 Å². The molecular formula is C14H17ClO3. The Morgan fingerprint density at radius 3 is 2.67 bits per heavy atom. The van der Waals surface area contributed by atoms with Gasteiger partial charge in [0, 0.05) is 5.02 Å². The largest absolute Gasteiger partial charge is 0.481 e. The number of halogens is 1. The SMILES string of the molecule is O=C(O)[C@H]1CC[C@H](OCc2cccc(Cl)c2)CC1. The van der Waals surface area contributed by atoms with Crippen molar-refractivity contribution in [1.82, 2.24) is 0 Å². The molecule has 0 amide bonds. The quantitative estimate of drug-likeness (QED) is 0.909. The lowest BCUT2D eigenvalue weighted by atomic mass is 9.87. The highest BCUT2D eigenvalue weighted by Crippen LogP contribution is 2.27. The van der Waals surface area contributed by atoms with E-state index in [1.807, 2.05) is 24.3 Å². The highest BCUT2D eigenvalue weighted by Gasteiger charge is 2.26. The lowest BCUT2D eigenvalue weighted by molar-refractivity contribution is -0.143. The average molecular weight is 269 g/mol. The Morgan fingerprint density at radius 2 is 2.06 bits per heavy atom. The third-order valence-electron chi connectivity index (χ3n) is 3.40. The maximum Gasteiger partial charge on any atom is 0.306 e. The van der Waals surface area contributed by atoms with E-state index in [0.717, 1.165) is 31.2 Å². The van der Waals surface area contributed by atoms with Gasteiger partial charge in [0.1, 0.15) is 0 Å². The lowest BCUT2D eigenvalue weighted by Crippen LogP contribution is -2.25. The van der Waals surface area contributed by atoms with Crippen LogP contribution in [0.4, 0.5) is 0 Å². The Balaban J connectivity index is 1.77. The molecule has 0 unspecified atom stereocenters. The third kappa shape index (κ3) is 3.72. The summed E-state index contributed by atoms with van der Waals surface area (Å²) in [6.07, 6.45) is 3.28. The van der Waals surface area contributed by atoms with Crippen LogP contribution in [0.3, 0.4) is 0 Å². The number of carboxylic acids is 1. The van der Waals surface area contributed by atoms with Crippen molar-refractivity contribution in [3.8, 4) is 0 Å². The Labute approximate surface area is 112 Å². The second-order valence-electron chi connectivity index (χ2n) is 4.75. The summed E-state index contributed by atoms with van der Waals surface area (Å²) in [5.41, 5.74) is 1.06. The van der Waals surface area contributed by atoms with Gasteiger partial charge in [0.25, 0.3) is 0 Å². The monoisotopic (exact) mass is 268 g/mol. The number of rotatable bonds is 4. The Kier molecular flexibility index (Phi) is 4.61. The van der Waals surface area contributed by atoms with Gasteiger partial charge in [0.05, 0.1) is 18.6 Å². The summed E-state index contributed by atoms with van der Waals surface area (Å²) in [4.78, 5) is 10.8. The van der Waals surface area contributed by atoms with Crippen LogP contribution < -0.4 is 0 Å². The number of ether oxygens (including phenoxy) is 1. The summed E-state index contributed by atoms with van der Waals surface area (Å²) in [5.74, 6) is -0.862. The van der Waals surface area contributed by atoms with Crippen LogP contribution in [0, 0.1) is 5.92 Å². The minimum absolute atomic E-state index is 0.180. The fraction of sp³-hybridized carbons (Fsp3) is 0.500. The van der Waals surface area contributed by atoms with E-state index < -0.39 is 5.97 Å². The number of carbonyl (C=O) groups is 1. The fourth-order valence-electron chi connectivity index (χ4n) is 2.32. The molecule has 98 valence electrons. The maximum atomic E-state index is 10.8. The van der Waals surface area contributed by atoms with Crippen LogP contribution >= 0.6 is 11.6 Å². The van der Waals surface area contributed by atoms with Crippen LogP contribution in [0.5, 0.6) is 0 Å². The second-order valence-corrected chi connectivity index (χ2v) is 5.19. The van der Waals surface area contributed by atoms with Gasteiger partial charge in [0.15, 0.2) is 0 Å².